The quantitative estimate of drug-likeness (QED) is 0.489. The van der Waals surface area contributed by atoms with Crippen molar-refractivity contribution in [3.05, 3.63) is 0 Å². The van der Waals surface area contributed by atoms with E-state index in [4.69, 9.17) is 0 Å². The molecule has 12 heavy (non-hydrogen) atoms. The summed E-state index contributed by atoms with van der Waals surface area (Å²) in [4.78, 5) is 34.4. The molecule has 0 atom stereocenters. The van der Waals surface area contributed by atoms with Crippen LogP contribution in [0.3, 0.4) is 0 Å². The summed E-state index contributed by atoms with van der Waals surface area (Å²) in [5.41, 5.74) is 0. The molecule has 4 amide bonds. The lowest BCUT2D eigenvalue weighted by Gasteiger charge is -2.46. The Morgan fingerprint density at radius 1 is 1.08 bits per heavy atom. The van der Waals surface area contributed by atoms with E-state index in [1.165, 1.54) is 21.1 Å². The van der Waals surface area contributed by atoms with E-state index in [0.717, 1.165) is 14.2 Å². The fourth-order valence-corrected chi connectivity index (χ4v) is 1.83. The Bertz CT molecular complexity index is 212. The van der Waals surface area contributed by atoms with Crippen molar-refractivity contribution in [1.82, 2.24) is 14.2 Å². The number of imide groups is 1. The van der Waals surface area contributed by atoms with Crippen LogP contribution in [0.1, 0.15) is 0 Å². The SMILES string of the molecule is CN1C(=O)N(C)P([O-])N(C)C1=O. The van der Waals surface area contributed by atoms with Gasteiger partial charge in [0.2, 0.25) is 0 Å². The fourth-order valence-electron chi connectivity index (χ4n) is 0.864. The summed E-state index contributed by atoms with van der Waals surface area (Å²) in [6.07, 6.45) is 0. The van der Waals surface area contributed by atoms with Crippen LogP contribution in [0.4, 0.5) is 9.59 Å². The van der Waals surface area contributed by atoms with Crippen LogP contribution in [0.25, 0.3) is 0 Å². The topological polar surface area (TPSA) is 66.9 Å². The molecule has 0 unspecified atom stereocenters. The van der Waals surface area contributed by atoms with Crippen LogP contribution < -0.4 is 4.89 Å². The molecule has 0 aromatic rings. The van der Waals surface area contributed by atoms with Crippen LogP contribution >= 0.6 is 8.45 Å². The minimum atomic E-state index is -2.04. The van der Waals surface area contributed by atoms with Crippen molar-refractivity contribution in [2.45, 2.75) is 0 Å². The highest BCUT2D eigenvalue weighted by molar-refractivity contribution is 7.46. The van der Waals surface area contributed by atoms with Gasteiger partial charge in [-0.1, -0.05) is 0 Å². The van der Waals surface area contributed by atoms with Gasteiger partial charge < -0.3 is 14.2 Å². The third-order valence-corrected chi connectivity index (χ3v) is 3.01. The van der Waals surface area contributed by atoms with Crippen LogP contribution in [0.15, 0.2) is 0 Å². The molecule has 1 rings (SSSR count). The fraction of sp³-hybridized carbons (Fsp3) is 0.600. The Morgan fingerprint density at radius 2 is 1.42 bits per heavy atom. The lowest BCUT2D eigenvalue weighted by atomic mass is 10.7. The third-order valence-electron chi connectivity index (χ3n) is 1.64. The van der Waals surface area contributed by atoms with E-state index in [2.05, 4.69) is 0 Å². The minimum absolute atomic E-state index is 0.542. The molecule has 6 nitrogen and oxygen atoms in total. The van der Waals surface area contributed by atoms with Crippen molar-refractivity contribution >= 4 is 20.5 Å². The van der Waals surface area contributed by atoms with Crippen LogP contribution in [0.5, 0.6) is 0 Å². The molecular weight excluding hydrogens is 181 g/mol. The maximum absolute atomic E-state index is 11.2. The van der Waals surface area contributed by atoms with Gasteiger partial charge in [0, 0.05) is 29.6 Å². The van der Waals surface area contributed by atoms with Crippen LogP contribution in [-0.4, -0.2) is 47.4 Å². The zero-order valence-corrected chi connectivity index (χ0v) is 7.91. The van der Waals surface area contributed by atoms with Gasteiger partial charge in [0.25, 0.3) is 0 Å². The van der Waals surface area contributed by atoms with Gasteiger partial charge in [0.15, 0.2) is 0 Å². The summed E-state index contributed by atoms with van der Waals surface area (Å²) in [5, 5.41) is 0. The monoisotopic (exact) mass is 190 g/mol. The summed E-state index contributed by atoms with van der Waals surface area (Å²) in [6.45, 7) is 0. The number of urea groups is 2. The second kappa shape index (κ2) is 2.88. The molecule has 1 fully saturated rings. The highest BCUT2D eigenvalue weighted by Gasteiger charge is 2.32. The first-order valence-electron chi connectivity index (χ1n) is 3.23. The van der Waals surface area contributed by atoms with Gasteiger partial charge in [0.1, 0.15) is 0 Å². The number of carbonyl (C=O) groups excluding carboxylic acids is 2. The first kappa shape index (κ1) is 9.22. The summed E-state index contributed by atoms with van der Waals surface area (Å²) < 4.78 is 2.05. The number of carbonyl (C=O) groups is 2. The van der Waals surface area contributed by atoms with Gasteiger partial charge in [-0.05, 0) is 0 Å². The Hall–Kier alpha value is -0.870. The summed E-state index contributed by atoms with van der Waals surface area (Å²) in [7, 11) is 2.08. The lowest BCUT2D eigenvalue weighted by molar-refractivity contribution is -0.177. The molecule has 1 aliphatic heterocycles. The highest BCUT2D eigenvalue weighted by Crippen LogP contribution is 2.37. The van der Waals surface area contributed by atoms with E-state index in [1.807, 2.05) is 0 Å². The molecule has 0 bridgehead atoms. The largest absolute Gasteiger partial charge is 0.796 e. The smallest absolute Gasteiger partial charge is 0.331 e. The van der Waals surface area contributed by atoms with Crippen molar-refractivity contribution in [2.75, 3.05) is 21.1 Å². The van der Waals surface area contributed by atoms with Gasteiger partial charge in [0.05, 0.1) is 0 Å². The number of nitrogens with zero attached hydrogens (tertiary/aromatic N) is 3. The van der Waals surface area contributed by atoms with Crippen LogP contribution in [-0.2, 0) is 0 Å². The van der Waals surface area contributed by atoms with Crippen molar-refractivity contribution < 1.29 is 14.5 Å². The summed E-state index contributed by atoms with van der Waals surface area (Å²) >= 11 is 0. The molecule has 0 aromatic heterocycles. The molecule has 0 saturated carbocycles. The predicted molar refractivity (Wildman–Crippen MR) is 41.0 cm³/mol. The normalized spacial score (nSPS) is 20.8. The zero-order chi connectivity index (χ0) is 9.46. The van der Waals surface area contributed by atoms with E-state index in [-0.39, 0.29) is 0 Å². The Balaban J connectivity index is 2.91. The van der Waals surface area contributed by atoms with E-state index in [1.54, 1.807) is 0 Å². The van der Waals surface area contributed by atoms with E-state index in [0.29, 0.717) is 0 Å². The molecule has 0 radical (unpaired) electrons. The van der Waals surface area contributed by atoms with Crippen LogP contribution in [0, 0.1) is 0 Å². The van der Waals surface area contributed by atoms with E-state index in [9.17, 15) is 14.5 Å². The van der Waals surface area contributed by atoms with Gasteiger partial charge in [-0.3, -0.25) is 0 Å². The minimum Gasteiger partial charge on any atom is -0.796 e. The van der Waals surface area contributed by atoms with Crippen molar-refractivity contribution in [3.8, 4) is 0 Å². The molecule has 1 aliphatic rings. The molecular formula is C5H9N3O3P-. The lowest BCUT2D eigenvalue weighted by Crippen LogP contribution is -2.53. The first-order valence-corrected chi connectivity index (χ1v) is 4.39. The number of hydrogen-bond donors (Lipinski definition) is 0. The molecule has 7 heteroatoms. The number of hydrogen-bond acceptors (Lipinski definition) is 3. The summed E-state index contributed by atoms with van der Waals surface area (Å²) in [5.74, 6) is 0. The molecule has 1 saturated heterocycles. The zero-order valence-electron chi connectivity index (χ0n) is 7.01. The Morgan fingerprint density at radius 3 is 1.75 bits per heavy atom. The highest BCUT2D eigenvalue weighted by atomic mass is 31.2. The molecule has 0 aliphatic carbocycles. The molecule has 68 valence electrons. The molecule has 0 N–H and O–H groups in total. The van der Waals surface area contributed by atoms with Gasteiger partial charge in [-0.15, -0.1) is 0 Å². The van der Waals surface area contributed by atoms with E-state index < -0.39 is 20.5 Å². The maximum atomic E-state index is 11.2. The summed E-state index contributed by atoms with van der Waals surface area (Å²) in [6, 6.07) is -1.08. The maximum Gasteiger partial charge on any atom is 0.331 e. The average molecular weight is 190 g/mol. The van der Waals surface area contributed by atoms with Crippen molar-refractivity contribution in [2.24, 2.45) is 0 Å². The standard InChI is InChI=1S/C5H9N3O3P/c1-6-4(9)7(2)12(11)8(3)5(6)10/h1-3H3/q-1. The first-order chi connectivity index (χ1) is 5.46. The third kappa shape index (κ3) is 1.13. The molecule has 0 spiro atoms. The second-order valence-corrected chi connectivity index (χ2v) is 4.13. The molecule has 0 aromatic carbocycles. The Labute approximate surface area is 71.3 Å². The molecule has 1 heterocycles. The van der Waals surface area contributed by atoms with Gasteiger partial charge in [-0.2, -0.15) is 0 Å². The predicted octanol–water partition coefficient (Wildman–Crippen LogP) is -0.377. The van der Waals surface area contributed by atoms with Crippen molar-refractivity contribution in [3.63, 3.8) is 0 Å². The van der Waals surface area contributed by atoms with E-state index >= 15 is 0 Å². The second-order valence-electron chi connectivity index (χ2n) is 2.42. The van der Waals surface area contributed by atoms with Gasteiger partial charge in [-0.25, -0.2) is 14.5 Å². The number of rotatable bonds is 0. The van der Waals surface area contributed by atoms with Crippen LogP contribution in [0.2, 0.25) is 0 Å². The number of amides is 4. The Kier molecular flexibility index (Phi) is 2.21. The van der Waals surface area contributed by atoms with Crippen molar-refractivity contribution in [1.29, 1.82) is 0 Å². The average Bonchev–Trinajstić information content (AvgIpc) is 2.08. The van der Waals surface area contributed by atoms with Gasteiger partial charge >= 0.3 is 12.1 Å².